The summed E-state index contributed by atoms with van der Waals surface area (Å²) in [7, 11) is 0. The Balaban J connectivity index is 2.21. The van der Waals surface area contributed by atoms with Crippen molar-refractivity contribution in [2.24, 2.45) is 0 Å². The Morgan fingerprint density at radius 2 is 2.11 bits per heavy atom. The van der Waals surface area contributed by atoms with Crippen LogP contribution >= 0.6 is 0 Å². The van der Waals surface area contributed by atoms with Gasteiger partial charge in [-0.15, -0.1) is 0 Å². The zero-order valence-corrected chi connectivity index (χ0v) is 11.3. The summed E-state index contributed by atoms with van der Waals surface area (Å²) < 4.78 is 7.43. The van der Waals surface area contributed by atoms with Gasteiger partial charge in [0.25, 0.3) is 0 Å². The van der Waals surface area contributed by atoms with Crippen LogP contribution in [0.15, 0.2) is 31.0 Å². The number of ether oxygens (including phenoxy) is 1. The molecule has 0 bridgehead atoms. The molecule has 2 aromatic heterocycles. The van der Waals surface area contributed by atoms with E-state index >= 15 is 0 Å². The number of aryl methyl sites for hydroxylation is 1. The third kappa shape index (κ3) is 3.12. The SMILES string of the molecule is CCCOc1cncc(C(O)c2cncn2CC)c1. The van der Waals surface area contributed by atoms with E-state index in [-0.39, 0.29) is 0 Å². The van der Waals surface area contributed by atoms with E-state index in [4.69, 9.17) is 4.74 Å². The number of aromatic nitrogens is 3. The molecular weight excluding hydrogens is 242 g/mol. The van der Waals surface area contributed by atoms with Crippen LogP contribution in [0.2, 0.25) is 0 Å². The summed E-state index contributed by atoms with van der Waals surface area (Å²) >= 11 is 0. The summed E-state index contributed by atoms with van der Waals surface area (Å²) in [5, 5.41) is 10.4. The van der Waals surface area contributed by atoms with Crippen LogP contribution in [0.25, 0.3) is 0 Å². The van der Waals surface area contributed by atoms with Crippen molar-refractivity contribution in [1.29, 1.82) is 0 Å². The fourth-order valence-electron chi connectivity index (χ4n) is 1.88. The van der Waals surface area contributed by atoms with Gasteiger partial charge in [-0.3, -0.25) is 4.98 Å². The van der Waals surface area contributed by atoms with E-state index < -0.39 is 6.10 Å². The maximum atomic E-state index is 10.4. The molecule has 2 aromatic rings. The van der Waals surface area contributed by atoms with Crippen LogP contribution in [0.5, 0.6) is 5.75 Å². The molecule has 1 N–H and O–H groups in total. The molecule has 0 aliphatic rings. The van der Waals surface area contributed by atoms with E-state index in [0.29, 0.717) is 17.9 Å². The lowest BCUT2D eigenvalue weighted by molar-refractivity contribution is 0.208. The molecule has 2 heterocycles. The number of nitrogens with zero attached hydrogens (tertiary/aromatic N) is 3. The second-order valence-electron chi connectivity index (χ2n) is 4.31. The van der Waals surface area contributed by atoms with Crippen molar-refractivity contribution in [2.75, 3.05) is 6.61 Å². The summed E-state index contributed by atoms with van der Waals surface area (Å²) in [5.74, 6) is 0.681. The Hall–Kier alpha value is -1.88. The maximum Gasteiger partial charge on any atom is 0.137 e. The average Bonchev–Trinajstić information content (AvgIpc) is 2.93. The molecule has 5 heteroatoms. The highest BCUT2D eigenvalue weighted by molar-refractivity contribution is 5.29. The zero-order valence-electron chi connectivity index (χ0n) is 11.3. The predicted molar refractivity (Wildman–Crippen MR) is 72.0 cm³/mol. The second-order valence-corrected chi connectivity index (χ2v) is 4.31. The molecule has 0 spiro atoms. The van der Waals surface area contributed by atoms with Crippen molar-refractivity contribution in [3.05, 3.63) is 42.2 Å². The van der Waals surface area contributed by atoms with E-state index in [9.17, 15) is 5.11 Å². The van der Waals surface area contributed by atoms with Gasteiger partial charge in [0.1, 0.15) is 11.9 Å². The van der Waals surface area contributed by atoms with Gasteiger partial charge in [-0.25, -0.2) is 4.98 Å². The molecule has 1 atom stereocenters. The highest BCUT2D eigenvalue weighted by Gasteiger charge is 2.15. The Kier molecular flexibility index (Phi) is 4.52. The lowest BCUT2D eigenvalue weighted by Crippen LogP contribution is -2.08. The first-order valence-electron chi connectivity index (χ1n) is 6.52. The Morgan fingerprint density at radius 1 is 1.26 bits per heavy atom. The minimum Gasteiger partial charge on any atom is -0.492 e. The van der Waals surface area contributed by atoms with Crippen molar-refractivity contribution in [3.8, 4) is 5.75 Å². The fourth-order valence-corrected chi connectivity index (χ4v) is 1.88. The van der Waals surface area contributed by atoms with E-state index in [0.717, 1.165) is 18.7 Å². The topological polar surface area (TPSA) is 60.2 Å². The van der Waals surface area contributed by atoms with Gasteiger partial charge in [0, 0.05) is 18.3 Å². The monoisotopic (exact) mass is 261 g/mol. The molecule has 2 rings (SSSR count). The van der Waals surface area contributed by atoms with E-state index in [1.807, 2.05) is 24.5 Å². The van der Waals surface area contributed by atoms with Crippen molar-refractivity contribution in [2.45, 2.75) is 32.9 Å². The second kappa shape index (κ2) is 6.33. The molecule has 0 saturated carbocycles. The number of aliphatic hydroxyl groups is 1. The maximum absolute atomic E-state index is 10.4. The molecule has 0 radical (unpaired) electrons. The third-order valence-corrected chi connectivity index (χ3v) is 2.89. The van der Waals surface area contributed by atoms with Gasteiger partial charge < -0.3 is 14.4 Å². The molecular formula is C14H19N3O2. The highest BCUT2D eigenvalue weighted by Crippen LogP contribution is 2.24. The first-order chi connectivity index (χ1) is 9.26. The van der Waals surface area contributed by atoms with Crippen LogP contribution in [0.3, 0.4) is 0 Å². The smallest absolute Gasteiger partial charge is 0.137 e. The molecule has 0 aromatic carbocycles. The number of hydrogen-bond donors (Lipinski definition) is 1. The number of pyridine rings is 1. The van der Waals surface area contributed by atoms with Gasteiger partial charge in [-0.2, -0.15) is 0 Å². The molecule has 0 amide bonds. The van der Waals surface area contributed by atoms with Crippen LogP contribution in [0.1, 0.15) is 37.6 Å². The van der Waals surface area contributed by atoms with Crippen molar-refractivity contribution in [1.82, 2.24) is 14.5 Å². The zero-order chi connectivity index (χ0) is 13.7. The normalized spacial score (nSPS) is 12.4. The number of aliphatic hydroxyl groups excluding tert-OH is 1. The average molecular weight is 261 g/mol. The highest BCUT2D eigenvalue weighted by atomic mass is 16.5. The quantitative estimate of drug-likeness (QED) is 0.865. The fraction of sp³-hybridized carbons (Fsp3) is 0.429. The van der Waals surface area contributed by atoms with E-state index in [2.05, 4.69) is 9.97 Å². The Labute approximate surface area is 112 Å². The van der Waals surface area contributed by atoms with Gasteiger partial charge in [0.05, 0.1) is 31.0 Å². The summed E-state index contributed by atoms with van der Waals surface area (Å²) in [4.78, 5) is 8.17. The minimum absolute atomic E-state index is 0.647. The summed E-state index contributed by atoms with van der Waals surface area (Å²) in [5.41, 5.74) is 1.47. The van der Waals surface area contributed by atoms with E-state index in [1.54, 1.807) is 24.9 Å². The first-order valence-corrected chi connectivity index (χ1v) is 6.52. The summed E-state index contributed by atoms with van der Waals surface area (Å²) in [6.07, 6.45) is 6.89. The Bertz CT molecular complexity index is 525. The lowest BCUT2D eigenvalue weighted by atomic mass is 10.1. The van der Waals surface area contributed by atoms with Crippen LogP contribution in [0, 0.1) is 0 Å². The van der Waals surface area contributed by atoms with Gasteiger partial charge in [-0.05, 0) is 19.4 Å². The molecule has 5 nitrogen and oxygen atoms in total. The molecule has 0 aliphatic heterocycles. The van der Waals surface area contributed by atoms with Gasteiger partial charge >= 0.3 is 0 Å². The standard InChI is InChI=1S/C14H19N3O2/c1-3-5-19-12-6-11(7-15-8-12)14(18)13-9-16-10-17(13)4-2/h6-10,14,18H,3-5H2,1-2H3. The van der Waals surface area contributed by atoms with Crippen molar-refractivity contribution in [3.63, 3.8) is 0 Å². The molecule has 0 fully saturated rings. The van der Waals surface area contributed by atoms with Crippen LogP contribution < -0.4 is 4.74 Å². The van der Waals surface area contributed by atoms with Crippen LogP contribution in [-0.2, 0) is 6.54 Å². The minimum atomic E-state index is -0.736. The van der Waals surface area contributed by atoms with Gasteiger partial charge in [0.2, 0.25) is 0 Å². The number of rotatable bonds is 6. The number of hydrogen-bond acceptors (Lipinski definition) is 4. The Morgan fingerprint density at radius 3 is 2.84 bits per heavy atom. The number of imidazole rings is 1. The largest absolute Gasteiger partial charge is 0.492 e. The third-order valence-electron chi connectivity index (χ3n) is 2.89. The molecule has 1 unspecified atom stereocenters. The lowest BCUT2D eigenvalue weighted by Gasteiger charge is -2.13. The predicted octanol–water partition coefficient (Wildman–Crippen LogP) is 2.17. The summed E-state index contributed by atoms with van der Waals surface area (Å²) in [6.45, 7) is 5.48. The van der Waals surface area contributed by atoms with Crippen LogP contribution in [-0.4, -0.2) is 26.2 Å². The molecule has 19 heavy (non-hydrogen) atoms. The van der Waals surface area contributed by atoms with Crippen molar-refractivity contribution < 1.29 is 9.84 Å². The first kappa shape index (κ1) is 13.5. The van der Waals surface area contributed by atoms with Crippen LogP contribution in [0.4, 0.5) is 0 Å². The van der Waals surface area contributed by atoms with Crippen molar-refractivity contribution >= 4 is 0 Å². The van der Waals surface area contributed by atoms with E-state index in [1.165, 1.54) is 0 Å². The molecule has 0 saturated heterocycles. The van der Waals surface area contributed by atoms with Gasteiger partial charge in [0.15, 0.2) is 0 Å². The summed E-state index contributed by atoms with van der Waals surface area (Å²) in [6, 6.07) is 1.82. The molecule has 0 aliphatic carbocycles. The molecule has 102 valence electrons. The van der Waals surface area contributed by atoms with Gasteiger partial charge in [-0.1, -0.05) is 6.92 Å².